The van der Waals surface area contributed by atoms with Crippen molar-refractivity contribution in [3.05, 3.63) is 101 Å². The standard InChI is InChI=1S/C30H34O5S2/c1-30(2,3)26-15-24(18-36-20-27(31)34-16-22-10-6-4-7-11-22)14-25(29(26)33)19-37-21-28(32)35-17-23-12-8-5-9-13-23/h4-15,33H,16-21H2,1-3H3. The fraction of sp³-hybridized carbons (Fsp3) is 0.333. The highest BCUT2D eigenvalue weighted by Crippen LogP contribution is 2.37. The lowest BCUT2D eigenvalue weighted by atomic mass is 9.84. The van der Waals surface area contributed by atoms with Crippen LogP contribution in [0, 0.1) is 0 Å². The van der Waals surface area contributed by atoms with E-state index in [1.54, 1.807) is 0 Å². The number of esters is 2. The Hall–Kier alpha value is -2.90. The Balaban J connectivity index is 1.53. The average molecular weight is 539 g/mol. The van der Waals surface area contributed by atoms with Gasteiger partial charge in [-0.05, 0) is 27.7 Å². The van der Waals surface area contributed by atoms with Crippen molar-refractivity contribution in [2.45, 2.75) is 50.9 Å². The number of benzene rings is 3. The zero-order chi connectivity index (χ0) is 26.7. The third kappa shape index (κ3) is 9.82. The summed E-state index contributed by atoms with van der Waals surface area (Å²) in [7, 11) is 0. The Bertz CT molecular complexity index is 1160. The molecule has 0 aliphatic carbocycles. The molecule has 37 heavy (non-hydrogen) atoms. The highest BCUT2D eigenvalue weighted by atomic mass is 32.2. The number of carbonyl (C=O) groups excluding carboxylic acids is 2. The monoisotopic (exact) mass is 538 g/mol. The first kappa shape index (κ1) is 28.7. The van der Waals surface area contributed by atoms with Crippen LogP contribution in [0.15, 0.2) is 72.8 Å². The van der Waals surface area contributed by atoms with E-state index in [1.807, 2.05) is 72.8 Å². The Labute approximate surface area is 228 Å². The van der Waals surface area contributed by atoms with Gasteiger partial charge >= 0.3 is 11.9 Å². The molecular weight excluding hydrogens is 504 g/mol. The molecule has 3 rings (SSSR count). The summed E-state index contributed by atoms with van der Waals surface area (Å²) in [4.78, 5) is 24.4. The van der Waals surface area contributed by atoms with Crippen LogP contribution in [0.3, 0.4) is 0 Å². The van der Waals surface area contributed by atoms with Crippen LogP contribution >= 0.6 is 23.5 Å². The topological polar surface area (TPSA) is 72.8 Å². The van der Waals surface area contributed by atoms with E-state index in [0.717, 1.165) is 27.8 Å². The summed E-state index contributed by atoms with van der Waals surface area (Å²) in [5.74, 6) is 1.25. The van der Waals surface area contributed by atoms with Gasteiger partial charge in [-0.15, -0.1) is 23.5 Å². The minimum atomic E-state index is -0.287. The van der Waals surface area contributed by atoms with E-state index in [1.165, 1.54) is 23.5 Å². The number of aromatic hydroxyl groups is 1. The molecule has 0 bridgehead atoms. The summed E-state index contributed by atoms with van der Waals surface area (Å²) in [5.41, 5.74) is 4.29. The Morgan fingerprint density at radius 1 is 0.730 bits per heavy atom. The smallest absolute Gasteiger partial charge is 0.316 e. The highest BCUT2D eigenvalue weighted by Gasteiger charge is 2.22. The van der Waals surface area contributed by atoms with Gasteiger partial charge in [-0.3, -0.25) is 9.59 Å². The van der Waals surface area contributed by atoms with Crippen molar-refractivity contribution in [3.8, 4) is 5.75 Å². The maximum atomic E-state index is 12.2. The van der Waals surface area contributed by atoms with E-state index in [2.05, 4.69) is 20.8 Å². The predicted octanol–water partition coefficient (Wildman–Crippen LogP) is 6.64. The van der Waals surface area contributed by atoms with Crippen LogP contribution in [0.4, 0.5) is 0 Å². The minimum Gasteiger partial charge on any atom is -0.507 e. The van der Waals surface area contributed by atoms with Gasteiger partial charge in [0.15, 0.2) is 0 Å². The van der Waals surface area contributed by atoms with Crippen molar-refractivity contribution in [1.82, 2.24) is 0 Å². The average Bonchev–Trinajstić information content (AvgIpc) is 2.88. The summed E-state index contributed by atoms with van der Waals surface area (Å²) in [5, 5.41) is 10.9. The van der Waals surface area contributed by atoms with E-state index in [0.29, 0.717) is 11.5 Å². The van der Waals surface area contributed by atoms with Gasteiger partial charge in [-0.1, -0.05) is 93.6 Å². The van der Waals surface area contributed by atoms with Crippen molar-refractivity contribution in [1.29, 1.82) is 0 Å². The molecule has 0 saturated heterocycles. The maximum absolute atomic E-state index is 12.2. The summed E-state index contributed by atoms with van der Waals surface area (Å²) in [6.07, 6.45) is 0. The number of rotatable bonds is 12. The van der Waals surface area contributed by atoms with Crippen molar-refractivity contribution in [3.63, 3.8) is 0 Å². The first-order valence-corrected chi connectivity index (χ1v) is 14.4. The highest BCUT2D eigenvalue weighted by molar-refractivity contribution is 7.99. The molecule has 0 aliphatic heterocycles. The fourth-order valence-corrected chi connectivity index (χ4v) is 5.13. The molecule has 7 heteroatoms. The number of ether oxygens (including phenoxy) is 2. The van der Waals surface area contributed by atoms with Gasteiger partial charge in [0, 0.05) is 17.1 Å². The second-order valence-corrected chi connectivity index (χ2v) is 11.7. The summed E-state index contributed by atoms with van der Waals surface area (Å²) in [6, 6.07) is 23.1. The number of phenols is 1. The SMILES string of the molecule is CC(C)(C)c1cc(CSCC(=O)OCc2ccccc2)cc(CSCC(=O)OCc2ccccc2)c1O. The van der Waals surface area contributed by atoms with E-state index in [-0.39, 0.29) is 47.8 Å². The Morgan fingerprint density at radius 3 is 1.70 bits per heavy atom. The third-order valence-electron chi connectivity index (χ3n) is 5.51. The molecule has 0 aliphatic rings. The van der Waals surface area contributed by atoms with Gasteiger partial charge in [0.05, 0.1) is 11.5 Å². The molecule has 0 heterocycles. The molecule has 0 amide bonds. The number of hydrogen-bond donors (Lipinski definition) is 1. The molecule has 0 fully saturated rings. The molecule has 0 unspecified atom stereocenters. The fourth-order valence-electron chi connectivity index (χ4n) is 3.58. The van der Waals surface area contributed by atoms with Crippen molar-refractivity contribution >= 4 is 35.5 Å². The lowest BCUT2D eigenvalue weighted by molar-refractivity contribution is -0.142. The van der Waals surface area contributed by atoms with E-state index in [4.69, 9.17) is 9.47 Å². The zero-order valence-corrected chi connectivity index (χ0v) is 23.2. The summed E-state index contributed by atoms with van der Waals surface area (Å²) < 4.78 is 10.7. The van der Waals surface area contributed by atoms with Gasteiger partial charge in [-0.2, -0.15) is 0 Å². The number of thioether (sulfide) groups is 2. The maximum Gasteiger partial charge on any atom is 0.316 e. The van der Waals surface area contributed by atoms with Gasteiger partial charge in [0.25, 0.3) is 0 Å². The quantitative estimate of drug-likeness (QED) is 0.259. The molecule has 0 radical (unpaired) electrons. The molecule has 0 aromatic heterocycles. The first-order chi connectivity index (χ1) is 17.7. The Kier molecular flexibility index (Phi) is 11.0. The van der Waals surface area contributed by atoms with Crippen LogP contribution in [0.5, 0.6) is 5.75 Å². The van der Waals surface area contributed by atoms with Crippen molar-refractivity contribution in [2.24, 2.45) is 0 Å². The van der Waals surface area contributed by atoms with E-state index >= 15 is 0 Å². The summed E-state index contributed by atoms with van der Waals surface area (Å²) >= 11 is 2.89. The molecule has 3 aromatic carbocycles. The molecule has 5 nitrogen and oxygen atoms in total. The minimum absolute atomic E-state index is 0.198. The van der Waals surface area contributed by atoms with Gasteiger partial charge < -0.3 is 14.6 Å². The summed E-state index contributed by atoms with van der Waals surface area (Å²) in [6.45, 7) is 6.68. The van der Waals surface area contributed by atoms with Crippen molar-refractivity contribution in [2.75, 3.05) is 11.5 Å². The largest absolute Gasteiger partial charge is 0.507 e. The van der Waals surface area contributed by atoms with E-state index in [9.17, 15) is 14.7 Å². The second kappa shape index (κ2) is 14.1. The molecule has 1 N–H and O–H groups in total. The van der Waals surface area contributed by atoms with Crippen LogP contribution in [-0.4, -0.2) is 28.6 Å². The van der Waals surface area contributed by atoms with Crippen LogP contribution in [-0.2, 0) is 49.2 Å². The normalized spacial score (nSPS) is 11.2. The lowest BCUT2D eigenvalue weighted by Gasteiger charge is -2.23. The molecular formula is C30H34O5S2. The van der Waals surface area contributed by atoms with Crippen LogP contribution in [0.1, 0.15) is 48.6 Å². The number of phenolic OH excluding ortho intramolecular Hbond substituents is 1. The van der Waals surface area contributed by atoms with Crippen molar-refractivity contribution < 1.29 is 24.2 Å². The predicted molar refractivity (Wildman–Crippen MR) is 152 cm³/mol. The molecule has 3 aromatic rings. The van der Waals surface area contributed by atoms with Gasteiger partial charge in [0.2, 0.25) is 0 Å². The number of hydrogen-bond acceptors (Lipinski definition) is 7. The number of carbonyl (C=O) groups is 2. The molecule has 196 valence electrons. The van der Waals surface area contributed by atoms with Crippen LogP contribution in [0.2, 0.25) is 0 Å². The van der Waals surface area contributed by atoms with Crippen LogP contribution < -0.4 is 0 Å². The molecule has 0 atom stereocenters. The zero-order valence-electron chi connectivity index (χ0n) is 21.6. The third-order valence-corrected chi connectivity index (χ3v) is 7.44. The first-order valence-electron chi connectivity index (χ1n) is 12.1. The van der Waals surface area contributed by atoms with Gasteiger partial charge in [0.1, 0.15) is 19.0 Å². The van der Waals surface area contributed by atoms with E-state index < -0.39 is 0 Å². The van der Waals surface area contributed by atoms with Crippen LogP contribution in [0.25, 0.3) is 0 Å². The van der Waals surface area contributed by atoms with Gasteiger partial charge in [-0.25, -0.2) is 0 Å². The molecule has 0 saturated carbocycles. The Morgan fingerprint density at radius 2 is 1.22 bits per heavy atom. The second-order valence-electron chi connectivity index (χ2n) is 9.68. The lowest BCUT2D eigenvalue weighted by Crippen LogP contribution is -2.13. The molecule has 0 spiro atoms.